The SMILES string of the molecule is Nc1c(C(=O)O)cnc(C(F)F)c1[N+](=O)[O-]. The summed E-state index contributed by atoms with van der Waals surface area (Å²) < 4.78 is 24.7. The summed E-state index contributed by atoms with van der Waals surface area (Å²) in [5, 5.41) is 19.1. The molecule has 1 heterocycles. The number of pyridine rings is 1. The van der Waals surface area contributed by atoms with E-state index >= 15 is 0 Å². The highest BCUT2D eigenvalue weighted by Crippen LogP contribution is 2.33. The van der Waals surface area contributed by atoms with E-state index in [0.29, 0.717) is 6.20 Å². The summed E-state index contributed by atoms with van der Waals surface area (Å²) in [6.45, 7) is 0. The van der Waals surface area contributed by atoms with Crippen LogP contribution in [-0.2, 0) is 0 Å². The van der Waals surface area contributed by atoms with Gasteiger partial charge in [0.15, 0.2) is 5.69 Å². The molecule has 1 aromatic rings. The molecule has 1 aromatic heterocycles. The fourth-order valence-electron chi connectivity index (χ4n) is 1.05. The number of hydrogen-bond acceptors (Lipinski definition) is 5. The molecule has 0 bridgehead atoms. The second-order valence-corrected chi connectivity index (χ2v) is 2.68. The highest BCUT2D eigenvalue weighted by Gasteiger charge is 2.30. The van der Waals surface area contributed by atoms with Gasteiger partial charge >= 0.3 is 11.7 Å². The summed E-state index contributed by atoms with van der Waals surface area (Å²) in [7, 11) is 0. The number of rotatable bonds is 3. The predicted octanol–water partition coefficient (Wildman–Crippen LogP) is 1.21. The van der Waals surface area contributed by atoms with Crippen molar-refractivity contribution in [3.05, 3.63) is 27.6 Å². The van der Waals surface area contributed by atoms with E-state index < -0.39 is 40.0 Å². The average molecular weight is 233 g/mol. The average Bonchev–Trinajstić information content (AvgIpc) is 2.15. The first-order valence-corrected chi connectivity index (χ1v) is 3.80. The van der Waals surface area contributed by atoms with E-state index in [9.17, 15) is 23.7 Å². The van der Waals surface area contributed by atoms with Crippen LogP contribution in [0.3, 0.4) is 0 Å². The first-order chi connectivity index (χ1) is 7.36. The first kappa shape index (κ1) is 11.8. The molecule has 86 valence electrons. The molecule has 0 aliphatic carbocycles. The minimum Gasteiger partial charge on any atom is -0.478 e. The van der Waals surface area contributed by atoms with Gasteiger partial charge in [-0.25, -0.2) is 18.6 Å². The minimum atomic E-state index is -3.20. The molecule has 0 amide bonds. The number of nitrogen functional groups attached to an aromatic ring is 1. The molecule has 0 radical (unpaired) electrons. The molecule has 0 aliphatic rings. The third kappa shape index (κ3) is 1.87. The molecule has 9 heteroatoms. The third-order valence-electron chi connectivity index (χ3n) is 1.74. The van der Waals surface area contributed by atoms with Crippen molar-refractivity contribution in [3.63, 3.8) is 0 Å². The van der Waals surface area contributed by atoms with Crippen LogP contribution < -0.4 is 5.73 Å². The van der Waals surface area contributed by atoms with E-state index in [4.69, 9.17) is 10.8 Å². The minimum absolute atomic E-state index is 0.562. The van der Waals surface area contributed by atoms with Crippen molar-refractivity contribution >= 4 is 17.3 Å². The van der Waals surface area contributed by atoms with Crippen LogP contribution in [0.5, 0.6) is 0 Å². The van der Waals surface area contributed by atoms with Gasteiger partial charge in [-0.05, 0) is 0 Å². The molecule has 16 heavy (non-hydrogen) atoms. The summed E-state index contributed by atoms with van der Waals surface area (Å²) in [4.78, 5) is 22.9. The van der Waals surface area contributed by atoms with Gasteiger partial charge in [0.25, 0.3) is 6.43 Å². The maximum absolute atomic E-state index is 12.3. The van der Waals surface area contributed by atoms with Gasteiger partial charge in [0.05, 0.1) is 4.92 Å². The van der Waals surface area contributed by atoms with Crippen LogP contribution in [0.1, 0.15) is 22.5 Å². The molecular weight excluding hydrogens is 228 g/mol. The van der Waals surface area contributed by atoms with Gasteiger partial charge < -0.3 is 10.8 Å². The Morgan fingerprint density at radius 3 is 2.56 bits per heavy atom. The molecule has 0 aliphatic heterocycles. The number of nitrogens with two attached hydrogens (primary N) is 1. The Morgan fingerprint density at radius 1 is 1.62 bits per heavy atom. The fourth-order valence-corrected chi connectivity index (χ4v) is 1.05. The molecule has 0 saturated heterocycles. The molecule has 0 saturated carbocycles. The van der Waals surface area contributed by atoms with E-state index in [1.165, 1.54) is 0 Å². The molecule has 3 N–H and O–H groups in total. The van der Waals surface area contributed by atoms with Crippen molar-refractivity contribution in [2.75, 3.05) is 5.73 Å². The Balaban J connectivity index is 3.54. The van der Waals surface area contributed by atoms with Crippen molar-refractivity contribution in [1.29, 1.82) is 0 Å². The number of nitro groups is 1. The largest absolute Gasteiger partial charge is 0.478 e. The van der Waals surface area contributed by atoms with Crippen LogP contribution in [0.15, 0.2) is 6.20 Å². The topological polar surface area (TPSA) is 119 Å². The van der Waals surface area contributed by atoms with E-state index in [-0.39, 0.29) is 0 Å². The number of carboxylic acids is 1. The summed E-state index contributed by atoms with van der Waals surface area (Å²) in [5.74, 6) is -1.58. The lowest BCUT2D eigenvalue weighted by molar-refractivity contribution is -0.385. The molecule has 1 rings (SSSR count). The maximum atomic E-state index is 12.3. The summed E-state index contributed by atoms with van der Waals surface area (Å²) >= 11 is 0. The summed E-state index contributed by atoms with van der Waals surface area (Å²) in [6.07, 6.45) is -2.64. The predicted molar refractivity (Wildman–Crippen MR) is 47.2 cm³/mol. The Hall–Kier alpha value is -2.32. The van der Waals surface area contributed by atoms with Gasteiger partial charge in [0.2, 0.25) is 0 Å². The van der Waals surface area contributed by atoms with Gasteiger partial charge in [-0.1, -0.05) is 0 Å². The maximum Gasteiger partial charge on any atom is 0.339 e. The third-order valence-corrected chi connectivity index (χ3v) is 1.74. The Bertz CT molecular complexity index is 463. The zero-order valence-electron chi connectivity index (χ0n) is 7.55. The second-order valence-electron chi connectivity index (χ2n) is 2.68. The Labute approximate surface area is 86.7 Å². The van der Waals surface area contributed by atoms with Crippen molar-refractivity contribution < 1.29 is 23.6 Å². The van der Waals surface area contributed by atoms with Crippen LogP contribution in [0.4, 0.5) is 20.2 Å². The van der Waals surface area contributed by atoms with Crippen molar-refractivity contribution in [1.82, 2.24) is 4.98 Å². The van der Waals surface area contributed by atoms with Gasteiger partial charge in [-0.2, -0.15) is 0 Å². The van der Waals surface area contributed by atoms with Crippen LogP contribution in [0, 0.1) is 10.1 Å². The number of carboxylic acid groups (broad SMARTS) is 1. The molecule has 0 unspecified atom stereocenters. The number of halogens is 2. The second kappa shape index (κ2) is 4.04. The van der Waals surface area contributed by atoms with Gasteiger partial charge in [-0.15, -0.1) is 0 Å². The van der Waals surface area contributed by atoms with Gasteiger partial charge in [-0.3, -0.25) is 10.1 Å². The molecule has 0 aromatic carbocycles. The number of anilines is 1. The van der Waals surface area contributed by atoms with E-state index in [1.807, 2.05) is 0 Å². The van der Waals surface area contributed by atoms with E-state index in [0.717, 1.165) is 0 Å². The zero-order valence-corrected chi connectivity index (χ0v) is 7.55. The first-order valence-electron chi connectivity index (χ1n) is 3.80. The van der Waals surface area contributed by atoms with E-state index in [2.05, 4.69) is 4.98 Å². The standard InChI is InChI=1S/C7H5F2N3O4/c8-6(9)4-5(12(15)16)3(10)2(1-11-4)7(13)14/h1,6H,(H2,10,11)(H,13,14). The molecule has 0 fully saturated rings. The summed E-state index contributed by atoms with van der Waals surface area (Å²) in [6, 6.07) is 0. The lowest BCUT2D eigenvalue weighted by atomic mass is 10.1. The lowest BCUT2D eigenvalue weighted by Crippen LogP contribution is -2.10. The molecule has 0 spiro atoms. The number of aromatic nitrogens is 1. The van der Waals surface area contributed by atoms with Crippen molar-refractivity contribution in [2.45, 2.75) is 6.43 Å². The van der Waals surface area contributed by atoms with Crippen LogP contribution >= 0.6 is 0 Å². The molecule has 0 atom stereocenters. The monoisotopic (exact) mass is 233 g/mol. The zero-order chi connectivity index (χ0) is 12.5. The number of nitrogens with zero attached hydrogens (tertiary/aromatic N) is 2. The van der Waals surface area contributed by atoms with Crippen LogP contribution in [-0.4, -0.2) is 21.0 Å². The normalized spacial score (nSPS) is 10.4. The lowest BCUT2D eigenvalue weighted by Gasteiger charge is -2.05. The van der Waals surface area contributed by atoms with Gasteiger partial charge in [0, 0.05) is 6.20 Å². The van der Waals surface area contributed by atoms with Crippen molar-refractivity contribution in [2.24, 2.45) is 0 Å². The Morgan fingerprint density at radius 2 is 2.19 bits per heavy atom. The number of carbonyl (C=O) groups is 1. The molecule has 7 nitrogen and oxygen atoms in total. The summed E-state index contributed by atoms with van der Waals surface area (Å²) in [5.41, 5.74) is 1.30. The highest BCUT2D eigenvalue weighted by atomic mass is 19.3. The van der Waals surface area contributed by atoms with Crippen LogP contribution in [0.25, 0.3) is 0 Å². The number of alkyl halides is 2. The number of hydrogen-bond donors (Lipinski definition) is 2. The quantitative estimate of drug-likeness (QED) is 0.598. The fraction of sp³-hybridized carbons (Fsp3) is 0.143. The highest BCUT2D eigenvalue weighted by molar-refractivity contribution is 5.95. The number of aromatic carboxylic acids is 1. The van der Waals surface area contributed by atoms with Crippen molar-refractivity contribution in [3.8, 4) is 0 Å². The Kier molecular flexibility index (Phi) is 2.97. The molecular formula is C7H5F2N3O4. The van der Waals surface area contributed by atoms with Crippen LogP contribution in [0.2, 0.25) is 0 Å². The smallest absolute Gasteiger partial charge is 0.339 e. The van der Waals surface area contributed by atoms with E-state index in [1.54, 1.807) is 0 Å². The van der Waals surface area contributed by atoms with Gasteiger partial charge in [0.1, 0.15) is 11.3 Å².